The van der Waals surface area contributed by atoms with Crippen LogP contribution in [0.2, 0.25) is 0 Å². The Bertz CT molecular complexity index is 664. The number of rotatable bonds is 5. The molecule has 21 heavy (non-hydrogen) atoms. The lowest BCUT2D eigenvalue weighted by atomic mass is 10.1. The molecule has 1 aromatic heterocycles. The molecule has 0 atom stereocenters. The number of nitrogens with one attached hydrogen (secondary N) is 1. The predicted octanol–water partition coefficient (Wildman–Crippen LogP) is 2.30. The molecule has 0 saturated heterocycles. The number of carbonyl (C=O) groups excluding carboxylic acids is 1. The summed E-state index contributed by atoms with van der Waals surface area (Å²) in [6.45, 7) is -1.09. The van der Waals surface area contributed by atoms with Crippen molar-refractivity contribution < 1.29 is 23.0 Å². The largest absolute Gasteiger partial charge is 0.462 e. The van der Waals surface area contributed by atoms with E-state index in [1.807, 2.05) is 0 Å². The fourth-order valence-corrected chi connectivity index (χ4v) is 1.87. The highest BCUT2D eigenvalue weighted by Crippen LogP contribution is 2.29. The summed E-state index contributed by atoms with van der Waals surface area (Å²) in [5.41, 5.74) is 3.19. The van der Waals surface area contributed by atoms with Gasteiger partial charge in [0.1, 0.15) is 11.3 Å². The van der Waals surface area contributed by atoms with Gasteiger partial charge in [0.05, 0.1) is 17.8 Å². The molecule has 2 aromatic rings. The summed E-state index contributed by atoms with van der Waals surface area (Å²) in [7, 11) is 0. The first-order valence-corrected chi connectivity index (χ1v) is 6.08. The molecule has 0 unspecified atom stereocenters. The molecular formula is C13H13F2N3O3. The molecule has 0 aliphatic carbocycles. The number of hydrogen-bond donors (Lipinski definition) is 2. The number of esters is 1. The minimum atomic E-state index is -2.95. The average molecular weight is 297 g/mol. The van der Waals surface area contributed by atoms with Crippen molar-refractivity contribution >= 4 is 22.6 Å². The van der Waals surface area contributed by atoms with Crippen molar-refractivity contribution in [2.75, 3.05) is 12.0 Å². The van der Waals surface area contributed by atoms with Crippen LogP contribution in [0.1, 0.15) is 17.3 Å². The number of nitrogens with two attached hydrogens (primary N) is 1. The number of pyridine rings is 1. The first-order valence-electron chi connectivity index (χ1n) is 6.08. The summed E-state index contributed by atoms with van der Waals surface area (Å²) in [5, 5.41) is 0.376. The third-order valence-electron chi connectivity index (χ3n) is 2.70. The second-order valence-electron chi connectivity index (χ2n) is 3.97. The molecule has 0 aliphatic heterocycles. The number of halogens is 2. The van der Waals surface area contributed by atoms with Gasteiger partial charge in [-0.3, -0.25) is 10.8 Å². The van der Waals surface area contributed by atoms with E-state index in [9.17, 15) is 13.6 Å². The van der Waals surface area contributed by atoms with Crippen molar-refractivity contribution in [3.05, 3.63) is 30.0 Å². The van der Waals surface area contributed by atoms with Gasteiger partial charge < -0.3 is 14.9 Å². The number of ether oxygens (including phenoxy) is 2. The van der Waals surface area contributed by atoms with E-state index in [2.05, 4.69) is 15.1 Å². The number of carbonyl (C=O) groups is 1. The van der Waals surface area contributed by atoms with Crippen molar-refractivity contribution in [3.8, 4) is 5.75 Å². The minimum Gasteiger partial charge on any atom is -0.462 e. The summed E-state index contributed by atoms with van der Waals surface area (Å²) in [4.78, 5) is 15.9. The van der Waals surface area contributed by atoms with E-state index in [4.69, 9.17) is 10.6 Å². The van der Waals surface area contributed by atoms with Crippen LogP contribution < -0.4 is 16.0 Å². The van der Waals surface area contributed by atoms with E-state index in [0.717, 1.165) is 0 Å². The molecule has 0 fully saturated rings. The van der Waals surface area contributed by atoms with Gasteiger partial charge in [0, 0.05) is 11.6 Å². The standard InChI is InChI=1S/C13H13F2N3O3/c1-2-20-12(19)9-6-17-10-4-3-7(21-13(14)15)5-8(10)11(9)18-16/h3-6,13H,2,16H2,1H3,(H,17,18). The van der Waals surface area contributed by atoms with Crippen molar-refractivity contribution in [1.82, 2.24) is 4.98 Å². The van der Waals surface area contributed by atoms with Gasteiger partial charge in [-0.05, 0) is 25.1 Å². The van der Waals surface area contributed by atoms with Crippen LogP contribution in [0, 0.1) is 0 Å². The number of nitrogen functional groups attached to an aromatic ring is 1. The smallest absolute Gasteiger partial charge is 0.387 e. The topological polar surface area (TPSA) is 86.5 Å². The number of hydrogen-bond acceptors (Lipinski definition) is 6. The van der Waals surface area contributed by atoms with E-state index in [1.165, 1.54) is 24.4 Å². The molecule has 112 valence electrons. The summed E-state index contributed by atoms with van der Waals surface area (Å²) < 4.78 is 33.7. The minimum absolute atomic E-state index is 0.0585. The number of anilines is 1. The Labute approximate surface area is 118 Å². The Morgan fingerprint density at radius 2 is 2.24 bits per heavy atom. The van der Waals surface area contributed by atoms with Gasteiger partial charge >= 0.3 is 12.6 Å². The highest BCUT2D eigenvalue weighted by molar-refractivity contribution is 6.05. The lowest BCUT2D eigenvalue weighted by Gasteiger charge is -2.12. The zero-order valence-electron chi connectivity index (χ0n) is 11.1. The van der Waals surface area contributed by atoms with Crippen molar-refractivity contribution in [3.63, 3.8) is 0 Å². The van der Waals surface area contributed by atoms with Crippen molar-refractivity contribution in [2.45, 2.75) is 13.5 Å². The maximum absolute atomic E-state index is 12.3. The summed E-state index contributed by atoms with van der Waals surface area (Å²) in [6.07, 6.45) is 1.31. The van der Waals surface area contributed by atoms with Gasteiger partial charge in [0.15, 0.2) is 0 Å². The van der Waals surface area contributed by atoms with Crippen LogP contribution in [-0.2, 0) is 4.74 Å². The van der Waals surface area contributed by atoms with Gasteiger partial charge in [-0.25, -0.2) is 4.79 Å². The summed E-state index contributed by atoms with van der Waals surface area (Å²) >= 11 is 0. The first kappa shape index (κ1) is 14.9. The Balaban J connectivity index is 2.55. The van der Waals surface area contributed by atoms with Gasteiger partial charge in [-0.2, -0.15) is 8.78 Å². The molecule has 1 heterocycles. The number of alkyl halides is 2. The highest BCUT2D eigenvalue weighted by atomic mass is 19.3. The van der Waals surface area contributed by atoms with Gasteiger partial charge in [-0.15, -0.1) is 0 Å². The van der Waals surface area contributed by atoms with Gasteiger partial charge in [0.2, 0.25) is 0 Å². The molecule has 0 radical (unpaired) electrons. The Morgan fingerprint density at radius 1 is 1.48 bits per heavy atom. The molecule has 3 N–H and O–H groups in total. The second kappa shape index (κ2) is 6.31. The number of nitrogens with zero attached hydrogens (tertiary/aromatic N) is 1. The SMILES string of the molecule is CCOC(=O)c1cnc2ccc(OC(F)F)cc2c1NN. The Morgan fingerprint density at radius 3 is 2.86 bits per heavy atom. The molecule has 0 amide bonds. The maximum atomic E-state index is 12.3. The lowest BCUT2D eigenvalue weighted by molar-refractivity contribution is -0.0497. The molecular weight excluding hydrogens is 284 g/mol. The van der Waals surface area contributed by atoms with Crippen LogP contribution in [-0.4, -0.2) is 24.2 Å². The fraction of sp³-hybridized carbons (Fsp3) is 0.231. The molecule has 0 saturated carbocycles. The monoisotopic (exact) mass is 297 g/mol. The summed E-state index contributed by atoms with van der Waals surface area (Å²) in [6, 6.07) is 4.17. The normalized spacial score (nSPS) is 10.7. The molecule has 0 bridgehead atoms. The molecule has 0 spiro atoms. The van der Waals surface area contributed by atoms with Gasteiger partial charge in [0.25, 0.3) is 0 Å². The number of benzene rings is 1. The third kappa shape index (κ3) is 3.16. The Hall–Kier alpha value is -2.48. The number of aromatic nitrogens is 1. The fourth-order valence-electron chi connectivity index (χ4n) is 1.87. The van der Waals surface area contributed by atoms with Crippen LogP contribution in [0.3, 0.4) is 0 Å². The van der Waals surface area contributed by atoms with Crippen LogP contribution in [0.25, 0.3) is 10.9 Å². The molecule has 6 nitrogen and oxygen atoms in total. The molecule has 8 heteroatoms. The van der Waals surface area contributed by atoms with Gasteiger partial charge in [-0.1, -0.05) is 0 Å². The zero-order valence-corrected chi connectivity index (χ0v) is 11.1. The predicted molar refractivity (Wildman–Crippen MR) is 72.1 cm³/mol. The first-order chi connectivity index (χ1) is 10.1. The van der Waals surface area contributed by atoms with E-state index in [1.54, 1.807) is 6.92 Å². The highest BCUT2D eigenvalue weighted by Gasteiger charge is 2.17. The van der Waals surface area contributed by atoms with E-state index in [-0.39, 0.29) is 23.6 Å². The quantitative estimate of drug-likeness (QED) is 0.500. The number of hydrazine groups is 1. The van der Waals surface area contributed by atoms with Crippen molar-refractivity contribution in [1.29, 1.82) is 0 Å². The van der Waals surface area contributed by atoms with Crippen LogP contribution >= 0.6 is 0 Å². The summed E-state index contributed by atoms with van der Waals surface area (Å²) in [5.74, 6) is 4.76. The third-order valence-corrected chi connectivity index (χ3v) is 2.70. The molecule has 1 aromatic carbocycles. The zero-order chi connectivity index (χ0) is 15.4. The number of fused-ring (bicyclic) bond motifs is 1. The molecule has 0 aliphatic rings. The van der Waals surface area contributed by atoms with Crippen LogP contribution in [0.15, 0.2) is 24.4 Å². The van der Waals surface area contributed by atoms with Crippen molar-refractivity contribution in [2.24, 2.45) is 5.84 Å². The second-order valence-corrected chi connectivity index (χ2v) is 3.97. The lowest BCUT2D eigenvalue weighted by Crippen LogP contribution is -2.15. The maximum Gasteiger partial charge on any atom is 0.387 e. The Kier molecular flexibility index (Phi) is 4.49. The average Bonchev–Trinajstić information content (AvgIpc) is 2.45. The molecule has 2 rings (SSSR count). The van der Waals surface area contributed by atoms with E-state index >= 15 is 0 Å². The van der Waals surface area contributed by atoms with Crippen LogP contribution in [0.5, 0.6) is 5.75 Å². The van der Waals surface area contributed by atoms with E-state index in [0.29, 0.717) is 10.9 Å². The van der Waals surface area contributed by atoms with Crippen LogP contribution in [0.4, 0.5) is 14.5 Å². The van der Waals surface area contributed by atoms with E-state index < -0.39 is 12.6 Å².